The quantitative estimate of drug-likeness (QED) is 0.404. The predicted octanol–water partition coefficient (Wildman–Crippen LogP) is 4.84. The fourth-order valence-electron chi connectivity index (χ4n) is 3.96. The highest BCUT2D eigenvalue weighted by molar-refractivity contribution is 6.08. The molecule has 0 amide bonds. The minimum atomic E-state index is -0.849. The summed E-state index contributed by atoms with van der Waals surface area (Å²) in [7, 11) is 0. The highest BCUT2D eigenvalue weighted by Gasteiger charge is 2.34. The molecular weight excluding hydrogens is 326 g/mol. The first-order valence-electron chi connectivity index (χ1n) is 8.21. The van der Waals surface area contributed by atoms with Gasteiger partial charge in [-0.3, -0.25) is 0 Å². The van der Waals surface area contributed by atoms with Crippen LogP contribution in [-0.2, 0) is 0 Å². The summed E-state index contributed by atoms with van der Waals surface area (Å²) in [6.07, 6.45) is 1.28. The normalized spacial score (nSPS) is 23.7. The van der Waals surface area contributed by atoms with Crippen molar-refractivity contribution >= 4 is 21.8 Å². The van der Waals surface area contributed by atoms with Crippen molar-refractivity contribution in [2.24, 2.45) is 5.11 Å². The van der Waals surface area contributed by atoms with Gasteiger partial charge in [-0.2, -0.15) is 0 Å². The lowest BCUT2D eigenvalue weighted by molar-refractivity contribution is 0.0608. The molecule has 1 saturated carbocycles. The number of aliphatic hydroxyl groups is 1. The highest BCUT2D eigenvalue weighted by Crippen LogP contribution is 2.39. The van der Waals surface area contributed by atoms with Crippen LogP contribution < -0.4 is 0 Å². The van der Waals surface area contributed by atoms with E-state index in [1.54, 1.807) is 12.1 Å². The average Bonchev–Trinajstić information content (AvgIpc) is 2.90. The van der Waals surface area contributed by atoms with Gasteiger partial charge in [0.05, 0.1) is 18.2 Å². The van der Waals surface area contributed by atoms with Crippen LogP contribution >= 0.6 is 0 Å². The van der Waals surface area contributed by atoms with Crippen LogP contribution in [0, 0.1) is 11.6 Å². The largest absolute Gasteiger partial charge is 0.391 e. The lowest BCUT2D eigenvalue weighted by Crippen LogP contribution is -2.37. The molecule has 5 nitrogen and oxygen atoms in total. The van der Waals surface area contributed by atoms with Gasteiger partial charge in [-0.05, 0) is 54.8 Å². The fourth-order valence-corrected chi connectivity index (χ4v) is 3.96. The Labute approximate surface area is 142 Å². The minimum absolute atomic E-state index is 0.319. The van der Waals surface area contributed by atoms with Crippen LogP contribution in [0.3, 0.4) is 0 Å². The topological polar surface area (TPSA) is 73.9 Å². The van der Waals surface area contributed by atoms with Gasteiger partial charge in [0.25, 0.3) is 0 Å². The van der Waals surface area contributed by atoms with E-state index in [1.165, 1.54) is 24.3 Å². The van der Waals surface area contributed by atoms with Gasteiger partial charge in [-0.15, -0.1) is 0 Å². The van der Waals surface area contributed by atoms with Crippen molar-refractivity contribution in [1.29, 1.82) is 0 Å². The van der Waals surface area contributed by atoms with E-state index in [9.17, 15) is 13.9 Å². The third-order valence-corrected chi connectivity index (χ3v) is 5.05. The molecule has 0 saturated heterocycles. The predicted molar refractivity (Wildman–Crippen MR) is 91.2 cm³/mol. The second-order valence-electron chi connectivity index (χ2n) is 6.45. The number of aromatic nitrogens is 1. The monoisotopic (exact) mass is 342 g/mol. The third kappa shape index (κ3) is 2.52. The Morgan fingerprint density at radius 3 is 2.20 bits per heavy atom. The van der Waals surface area contributed by atoms with E-state index in [4.69, 9.17) is 5.53 Å². The Kier molecular flexibility index (Phi) is 3.82. The number of rotatable bonds is 2. The average molecular weight is 342 g/mol. The van der Waals surface area contributed by atoms with E-state index in [0.717, 1.165) is 17.5 Å². The number of fused-ring (bicyclic) bond motifs is 3. The molecule has 0 bridgehead atoms. The molecular formula is C18H16F2N4O. The van der Waals surface area contributed by atoms with E-state index in [-0.39, 0.29) is 6.04 Å². The number of aliphatic hydroxyl groups excluding tert-OH is 1. The number of halogens is 2. The summed E-state index contributed by atoms with van der Waals surface area (Å²) in [5.41, 5.74) is 10.2. The van der Waals surface area contributed by atoms with Gasteiger partial charge in [0.1, 0.15) is 11.6 Å². The first-order chi connectivity index (χ1) is 12.1. The van der Waals surface area contributed by atoms with Gasteiger partial charge in [0, 0.05) is 26.7 Å². The zero-order chi connectivity index (χ0) is 17.6. The summed E-state index contributed by atoms with van der Waals surface area (Å²) < 4.78 is 29.4. The standard InChI is InChI=1S/C18H16F2N4O/c19-10-4-6-15-12(8-10)13-9-11(20)5-7-16(13)24(15)17-3-1-2-14(18(17)25)22-23-21/h4-9,14,17-18,25H,1-3H2/t14-,17+,18+/m0/s1. The molecule has 1 aromatic heterocycles. The summed E-state index contributed by atoms with van der Waals surface area (Å²) in [4.78, 5) is 2.83. The van der Waals surface area contributed by atoms with Gasteiger partial charge in [0.2, 0.25) is 0 Å². The Balaban J connectivity index is 1.98. The van der Waals surface area contributed by atoms with Gasteiger partial charge in [-0.25, -0.2) is 8.78 Å². The van der Waals surface area contributed by atoms with Gasteiger partial charge >= 0.3 is 0 Å². The first kappa shape index (κ1) is 15.9. The van der Waals surface area contributed by atoms with Crippen molar-refractivity contribution in [2.75, 3.05) is 0 Å². The molecule has 2 aromatic carbocycles. The molecule has 3 aromatic rings. The lowest BCUT2D eigenvalue weighted by Gasteiger charge is -2.34. The molecule has 25 heavy (non-hydrogen) atoms. The Bertz CT molecular complexity index is 950. The SMILES string of the molecule is [N-]=[N+]=N[C@H]1CCC[C@@H](n2c3ccc(F)cc3c3cc(F)ccc32)[C@@H]1O. The number of azide groups is 1. The molecule has 4 rings (SSSR count). The molecule has 1 N–H and O–H groups in total. The van der Waals surface area contributed by atoms with Gasteiger partial charge < -0.3 is 9.67 Å². The smallest absolute Gasteiger partial charge is 0.123 e. The van der Waals surface area contributed by atoms with Crippen LogP contribution in [0.25, 0.3) is 32.2 Å². The molecule has 0 spiro atoms. The summed E-state index contributed by atoms with van der Waals surface area (Å²) in [6, 6.07) is 7.94. The Morgan fingerprint density at radius 1 is 1.04 bits per heavy atom. The summed E-state index contributed by atoms with van der Waals surface area (Å²) >= 11 is 0. The molecule has 1 heterocycles. The fraction of sp³-hybridized carbons (Fsp3) is 0.333. The molecule has 3 atom stereocenters. The van der Waals surface area contributed by atoms with E-state index < -0.39 is 23.8 Å². The zero-order valence-corrected chi connectivity index (χ0v) is 13.3. The van der Waals surface area contributed by atoms with E-state index in [2.05, 4.69) is 10.0 Å². The maximum atomic E-state index is 13.7. The van der Waals surface area contributed by atoms with E-state index in [0.29, 0.717) is 23.6 Å². The maximum Gasteiger partial charge on any atom is 0.123 e. The van der Waals surface area contributed by atoms with Gasteiger partial charge in [-0.1, -0.05) is 11.5 Å². The second kappa shape index (κ2) is 6.02. The zero-order valence-electron chi connectivity index (χ0n) is 13.3. The highest BCUT2D eigenvalue weighted by atomic mass is 19.1. The van der Waals surface area contributed by atoms with E-state index >= 15 is 0 Å². The molecule has 7 heteroatoms. The maximum absolute atomic E-state index is 13.7. The van der Waals surface area contributed by atoms with Crippen LogP contribution in [0.5, 0.6) is 0 Å². The number of nitrogens with zero attached hydrogens (tertiary/aromatic N) is 4. The molecule has 0 radical (unpaired) electrons. The van der Waals surface area contributed by atoms with Crippen LogP contribution in [0.1, 0.15) is 25.3 Å². The Hall–Kier alpha value is -2.63. The lowest BCUT2D eigenvalue weighted by atomic mass is 9.88. The molecule has 1 fully saturated rings. The summed E-state index contributed by atoms with van der Waals surface area (Å²) in [5.74, 6) is -0.793. The summed E-state index contributed by atoms with van der Waals surface area (Å²) in [6.45, 7) is 0. The third-order valence-electron chi connectivity index (χ3n) is 5.05. The van der Waals surface area contributed by atoms with Crippen LogP contribution in [0.4, 0.5) is 8.78 Å². The molecule has 0 unspecified atom stereocenters. The molecule has 128 valence electrons. The molecule has 1 aliphatic rings. The molecule has 1 aliphatic carbocycles. The van der Waals surface area contributed by atoms with Crippen LogP contribution in [0.2, 0.25) is 0 Å². The first-order valence-corrected chi connectivity index (χ1v) is 8.21. The van der Waals surface area contributed by atoms with E-state index in [1.807, 2.05) is 4.57 Å². The summed E-state index contributed by atoms with van der Waals surface area (Å²) in [5, 5.41) is 15.6. The van der Waals surface area contributed by atoms with Crippen molar-refractivity contribution in [3.63, 3.8) is 0 Å². The molecule has 0 aliphatic heterocycles. The number of hydrogen-bond donors (Lipinski definition) is 1. The van der Waals surface area contributed by atoms with Gasteiger partial charge in [0.15, 0.2) is 0 Å². The van der Waals surface area contributed by atoms with Crippen LogP contribution in [-0.4, -0.2) is 21.8 Å². The number of benzene rings is 2. The minimum Gasteiger partial charge on any atom is -0.391 e. The van der Waals surface area contributed by atoms with Crippen molar-refractivity contribution < 1.29 is 13.9 Å². The Morgan fingerprint density at radius 2 is 1.64 bits per heavy atom. The van der Waals surface area contributed by atoms with Crippen molar-refractivity contribution in [2.45, 2.75) is 37.5 Å². The second-order valence-corrected chi connectivity index (χ2v) is 6.45. The van der Waals surface area contributed by atoms with Crippen LogP contribution in [0.15, 0.2) is 41.5 Å². The van der Waals surface area contributed by atoms with Crippen molar-refractivity contribution in [3.05, 3.63) is 58.5 Å². The van der Waals surface area contributed by atoms with Crippen molar-refractivity contribution in [3.8, 4) is 0 Å². The van der Waals surface area contributed by atoms with Crippen molar-refractivity contribution in [1.82, 2.24) is 4.57 Å². The number of hydrogen-bond acceptors (Lipinski definition) is 2.